The first kappa shape index (κ1) is 28.8. The van der Waals surface area contributed by atoms with Gasteiger partial charge in [0.2, 0.25) is 15.9 Å². The molecule has 1 aromatic heterocycles. The SMILES string of the molecule is O=C(CN(CCN1CCOCC1)S(=O)(=O)c1cccc(C(F)(F)F)c1)N(Cc1ccccc1)Cc1ccco1. The summed E-state index contributed by atoms with van der Waals surface area (Å²) in [5.74, 6) is 0.00710. The van der Waals surface area contributed by atoms with Crippen LogP contribution in [0, 0.1) is 0 Å². The fourth-order valence-electron chi connectivity index (χ4n) is 4.22. The Morgan fingerprint density at radius 3 is 2.36 bits per heavy atom. The quantitative estimate of drug-likeness (QED) is 0.351. The van der Waals surface area contributed by atoms with Gasteiger partial charge in [0, 0.05) is 32.7 Å². The standard InChI is InChI=1S/C27H30F3N3O5S/c28-27(29,30)23-8-4-10-25(18-23)39(35,36)33(12-11-31-13-16-37-17-14-31)21-26(34)32(20-24-9-5-15-38-24)19-22-6-2-1-3-7-22/h1-10,15,18H,11-14,16-17,19-21H2. The number of carbonyl (C=O) groups excluding carboxylic acids is 1. The van der Waals surface area contributed by atoms with Crippen molar-refractivity contribution in [3.8, 4) is 0 Å². The van der Waals surface area contributed by atoms with Crippen molar-refractivity contribution in [3.05, 3.63) is 89.9 Å². The molecule has 12 heteroatoms. The Labute approximate surface area is 225 Å². The Balaban J connectivity index is 1.61. The van der Waals surface area contributed by atoms with E-state index in [0.717, 1.165) is 28.1 Å². The summed E-state index contributed by atoms with van der Waals surface area (Å²) in [7, 11) is -4.44. The number of hydrogen-bond acceptors (Lipinski definition) is 6. The number of furan rings is 1. The monoisotopic (exact) mass is 565 g/mol. The summed E-state index contributed by atoms with van der Waals surface area (Å²) in [5, 5.41) is 0. The van der Waals surface area contributed by atoms with E-state index in [1.807, 2.05) is 35.2 Å². The van der Waals surface area contributed by atoms with Gasteiger partial charge in [0.1, 0.15) is 5.76 Å². The summed E-state index contributed by atoms with van der Waals surface area (Å²) in [4.78, 5) is 16.5. The maximum atomic E-state index is 13.6. The molecule has 2 heterocycles. The smallest absolute Gasteiger partial charge is 0.416 e. The summed E-state index contributed by atoms with van der Waals surface area (Å²) < 4.78 is 79.1. The van der Waals surface area contributed by atoms with E-state index in [2.05, 4.69) is 0 Å². The molecule has 3 aromatic rings. The van der Waals surface area contributed by atoms with Gasteiger partial charge in [0.15, 0.2) is 0 Å². The van der Waals surface area contributed by atoms with Gasteiger partial charge in [-0.05, 0) is 35.9 Å². The molecule has 4 rings (SSSR count). The number of hydrogen-bond donors (Lipinski definition) is 0. The first-order valence-corrected chi connectivity index (χ1v) is 13.9. The highest BCUT2D eigenvalue weighted by Gasteiger charge is 2.34. The Morgan fingerprint density at radius 2 is 1.69 bits per heavy atom. The van der Waals surface area contributed by atoms with E-state index in [9.17, 15) is 26.4 Å². The molecular weight excluding hydrogens is 535 g/mol. The minimum atomic E-state index is -4.71. The van der Waals surface area contributed by atoms with Crippen LogP contribution in [0.15, 0.2) is 82.3 Å². The van der Waals surface area contributed by atoms with Crippen LogP contribution in [0.4, 0.5) is 13.2 Å². The third kappa shape index (κ3) is 7.91. The molecule has 1 aliphatic rings. The Kier molecular flexibility index (Phi) is 9.44. The first-order chi connectivity index (χ1) is 18.6. The van der Waals surface area contributed by atoms with E-state index < -0.39 is 39.1 Å². The highest BCUT2D eigenvalue weighted by Crippen LogP contribution is 2.31. The molecule has 39 heavy (non-hydrogen) atoms. The van der Waals surface area contributed by atoms with E-state index in [4.69, 9.17) is 9.15 Å². The first-order valence-electron chi connectivity index (χ1n) is 12.4. The lowest BCUT2D eigenvalue weighted by Crippen LogP contribution is -2.47. The molecule has 0 aliphatic carbocycles. The number of ether oxygens (including phenoxy) is 1. The number of alkyl halides is 3. The second kappa shape index (κ2) is 12.8. The highest BCUT2D eigenvalue weighted by atomic mass is 32.2. The van der Waals surface area contributed by atoms with E-state index in [1.165, 1.54) is 11.2 Å². The largest absolute Gasteiger partial charge is 0.467 e. The van der Waals surface area contributed by atoms with Crippen LogP contribution in [0.25, 0.3) is 0 Å². The molecule has 0 atom stereocenters. The predicted octanol–water partition coefficient (Wildman–Crippen LogP) is 3.85. The van der Waals surface area contributed by atoms with E-state index >= 15 is 0 Å². The molecule has 210 valence electrons. The molecule has 1 amide bonds. The van der Waals surface area contributed by atoms with Gasteiger partial charge < -0.3 is 14.1 Å². The van der Waals surface area contributed by atoms with Crippen molar-refractivity contribution in [1.82, 2.24) is 14.1 Å². The lowest BCUT2D eigenvalue weighted by molar-refractivity contribution is -0.137. The summed E-state index contributed by atoms with van der Waals surface area (Å²) >= 11 is 0. The van der Waals surface area contributed by atoms with Gasteiger partial charge in [-0.25, -0.2) is 8.42 Å². The minimum Gasteiger partial charge on any atom is -0.467 e. The van der Waals surface area contributed by atoms with Gasteiger partial charge in [-0.2, -0.15) is 17.5 Å². The number of morpholine rings is 1. The van der Waals surface area contributed by atoms with Crippen molar-refractivity contribution in [2.45, 2.75) is 24.2 Å². The molecule has 0 bridgehead atoms. The van der Waals surface area contributed by atoms with Crippen LogP contribution in [0.1, 0.15) is 16.9 Å². The molecular formula is C27H30F3N3O5S. The molecule has 2 aromatic carbocycles. The molecule has 0 spiro atoms. The van der Waals surface area contributed by atoms with Crippen molar-refractivity contribution in [2.75, 3.05) is 45.9 Å². The van der Waals surface area contributed by atoms with Crippen LogP contribution >= 0.6 is 0 Å². The van der Waals surface area contributed by atoms with Crippen molar-refractivity contribution < 1.29 is 35.5 Å². The number of benzene rings is 2. The van der Waals surface area contributed by atoms with Crippen LogP contribution in [-0.2, 0) is 38.8 Å². The summed E-state index contributed by atoms with van der Waals surface area (Å²) in [5.41, 5.74) is -0.246. The van der Waals surface area contributed by atoms with Crippen molar-refractivity contribution in [3.63, 3.8) is 0 Å². The number of halogens is 3. The molecule has 0 N–H and O–H groups in total. The Bertz CT molecular complexity index is 1310. The molecule has 1 saturated heterocycles. The highest BCUT2D eigenvalue weighted by molar-refractivity contribution is 7.89. The van der Waals surface area contributed by atoms with Crippen LogP contribution in [0.3, 0.4) is 0 Å². The number of amides is 1. The van der Waals surface area contributed by atoms with Crippen LogP contribution < -0.4 is 0 Å². The number of rotatable bonds is 11. The molecule has 8 nitrogen and oxygen atoms in total. The lowest BCUT2D eigenvalue weighted by Gasteiger charge is -2.31. The zero-order chi connectivity index (χ0) is 27.9. The molecule has 0 radical (unpaired) electrons. The van der Waals surface area contributed by atoms with E-state index in [1.54, 1.807) is 12.1 Å². The average Bonchev–Trinajstić information content (AvgIpc) is 3.44. The number of sulfonamides is 1. The van der Waals surface area contributed by atoms with Crippen LogP contribution in [-0.4, -0.2) is 74.4 Å². The molecule has 1 aliphatic heterocycles. The van der Waals surface area contributed by atoms with Gasteiger partial charge >= 0.3 is 6.18 Å². The predicted molar refractivity (Wildman–Crippen MR) is 137 cm³/mol. The zero-order valence-corrected chi connectivity index (χ0v) is 22.0. The molecule has 0 unspecified atom stereocenters. The summed E-state index contributed by atoms with van der Waals surface area (Å²) in [6.45, 7) is 2.13. The zero-order valence-electron chi connectivity index (χ0n) is 21.2. The summed E-state index contributed by atoms with van der Waals surface area (Å²) in [6, 6.07) is 16.2. The molecule has 0 saturated carbocycles. The summed E-state index contributed by atoms with van der Waals surface area (Å²) in [6.07, 6.45) is -3.23. The van der Waals surface area contributed by atoms with Gasteiger partial charge in [-0.3, -0.25) is 9.69 Å². The fourth-order valence-corrected chi connectivity index (χ4v) is 5.65. The second-order valence-electron chi connectivity index (χ2n) is 9.13. The van der Waals surface area contributed by atoms with E-state index in [0.29, 0.717) is 44.7 Å². The maximum Gasteiger partial charge on any atom is 0.416 e. The number of carbonyl (C=O) groups is 1. The van der Waals surface area contributed by atoms with Gasteiger partial charge in [0.25, 0.3) is 0 Å². The minimum absolute atomic E-state index is 0.0791. The van der Waals surface area contributed by atoms with E-state index in [-0.39, 0.29) is 19.6 Å². The Hall–Kier alpha value is -3.19. The van der Waals surface area contributed by atoms with Gasteiger partial charge in [-0.15, -0.1) is 0 Å². The molecule has 1 fully saturated rings. The average molecular weight is 566 g/mol. The van der Waals surface area contributed by atoms with Crippen molar-refractivity contribution in [2.24, 2.45) is 0 Å². The van der Waals surface area contributed by atoms with Gasteiger partial charge in [0.05, 0.1) is 43.0 Å². The van der Waals surface area contributed by atoms with Gasteiger partial charge in [-0.1, -0.05) is 36.4 Å². The maximum absolute atomic E-state index is 13.6. The van der Waals surface area contributed by atoms with Crippen molar-refractivity contribution in [1.29, 1.82) is 0 Å². The van der Waals surface area contributed by atoms with Crippen LogP contribution in [0.2, 0.25) is 0 Å². The van der Waals surface area contributed by atoms with Crippen LogP contribution in [0.5, 0.6) is 0 Å². The topological polar surface area (TPSA) is 83.3 Å². The Morgan fingerprint density at radius 1 is 0.949 bits per heavy atom. The third-order valence-electron chi connectivity index (χ3n) is 6.38. The van der Waals surface area contributed by atoms with Crippen molar-refractivity contribution >= 4 is 15.9 Å². The number of nitrogens with zero attached hydrogens (tertiary/aromatic N) is 3. The second-order valence-corrected chi connectivity index (χ2v) is 11.1. The normalized spacial score (nSPS) is 15.0. The third-order valence-corrected chi connectivity index (χ3v) is 8.22. The lowest BCUT2D eigenvalue weighted by atomic mass is 10.2. The fraction of sp³-hybridized carbons (Fsp3) is 0.370.